The zero-order chi connectivity index (χ0) is 16.5. The lowest BCUT2D eigenvalue weighted by atomic mass is 10.1. The average Bonchev–Trinajstić information content (AvgIpc) is 3.22. The van der Waals surface area contributed by atoms with Gasteiger partial charge in [-0.15, -0.1) is 0 Å². The van der Waals surface area contributed by atoms with Gasteiger partial charge in [-0.3, -0.25) is 0 Å². The van der Waals surface area contributed by atoms with Gasteiger partial charge in [0.15, 0.2) is 5.65 Å². The Balaban J connectivity index is 1.53. The lowest BCUT2D eigenvalue weighted by Crippen LogP contribution is -2.11. The SMILES string of the molecule is Cc1c2c(nc3nc(NCCCn4ccnc4)nc(N)c13)CCC2. The third-order valence-electron chi connectivity index (χ3n) is 4.61. The maximum atomic E-state index is 6.19. The number of imidazole rings is 1. The zero-order valence-corrected chi connectivity index (χ0v) is 13.8. The van der Waals surface area contributed by atoms with E-state index in [0.29, 0.717) is 17.4 Å². The lowest BCUT2D eigenvalue weighted by Gasteiger charge is -2.12. The Labute approximate surface area is 140 Å². The first-order chi connectivity index (χ1) is 11.7. The number of anilines is 2. The van der Waals surface area contributed by atoms with Crippen molar-refractivity contribution >= 4 is 22.8 Å². The summed E-state index contributed by atoms with van der Waals surface area (Å²) in [5.74, 6) is 1.06. The number of hydrogen-bond donors (Lipinski definition) is 2. The van der Waals surface area contributed by atoms with Gasteiger partial charge >= 0.3 is 0 Å². The Morgan fingerprint density at radius 3 is 3.00 bits per heavy atom. The summed E-state index contributed by atoms with van der Waals surface area (Å²) in [5, 5.41) is 4.15. The normalized spacial score (nSPS) is 13.4. The Kier molecular flexibility index (Phi) is 3.76. The predicted octanol–water partition coefficient (Wildman–Crippen LogP) is 2.10. The molecule has 0 bridgehead atoms. The fourth-order valence-corrected chi connectivity index (χ4v) is 3.40. The summed E-state index contributed by atoms with van der Waals surface area (Å²) in [6, 6.07) is 0. The summed E-state index contributed by atoms with van der Waals surface area (Å²) in [4.78, 5) is 17.8. The minimum atomic E-state index is 0.511. The molecule has 4 rings (SSSR count). The van der Waals surface area contributed by atoms with Gasteiger partial charge < -0.3 is 15.6 Å². The molecule has 24 heavy (non-hydrogen) atoms. The maximum Gasteiger partial charge on any atom is 0.226 e. The molecule has 3 aromatic heterocycles. The topological polar surface area (TPSA) is 94.5 Å². The minimum Gasteiger partial charge on any atom is -0.383 e. The van der Waals surface area contributed by atoms with Crippen molar-refractivity contribution in [1.82, 2.24) is 24.5 Å². The van der Waals surface area contributed by atoms with Crippen LogP contribution in [0.2, 0.25) is 0 Å². The Morgan fingerprint density at radius 1 is 1.25 bits per heavy atom. The smallest absolute Gasteiger partial charge is 0.226 e. The first-order valence-electron chi connectivity index (χ1n) is 8.37. The highest BCUT2D eigenvalue weighted by atomic mass is 15.1. The third-order valence-corrected chi connectivity index (χ3v) is 4.61. The minimum absolute atomic E-state index is 0.511. The van der Waals surface area contributed by atoms with Crippen LogP contribution in [0, 0.1) is 6.92 Å². The number of nitrogens with two attached hydrogens (primary N) is 1. The molecule has 7 nitrogen and oxygen atoms in total. The first-order valence-corrected chi connectivity index (χ1v) is 8.37. The fourth-order valence-electron chi connectivity index (χ4n) is 3.40. The summed E-state index contributed by atoms with van der Waals surface area (Å²) in [6.07, 6.45) is 9.78. The second-order valence-electron chi connectivity index (χ2n) is 6.23. The number of nitrogen functional groups attached to an aromatic ring is 1. The van der Waals surface area contributed by atoms with Crippen LogP contribution in [0.4, 0.5) is 11.8 Å². The van der Waals surface area contributed by atoms with Crippen LogP contribution < -0.4 is 11.1 Å². The standard InChI is InChI=1S/C17H21N7/c1-11-12-4-2-5-13(12)21-16-14(11)15(18)22-17(23-16)20-6-3-8-24-9-7-19-10-24/h7,9-10H,2-6,8H2,1H3,(H3,18,20,21,22,23). The molecular weight excluding hydrogens is 302 g/mol. The van der Waals surface area contributed by atoms with Crippen molar-refractivity contribution in [2.24, 2.45) is 0 Å². The van der Waals surface area contributed by atoms with Gasteiger partial charge in [0.25, 0.3) is 0 Å². The van der Waals surface area contributed by atoms with Crippen molar-refractivity contribution in [2.45, 2.75) is 39.2 Å². The van der Waals surface area contributed by atoms with Crippen LogP contribution in [0.25, 0.3) is 11.0 Å². The second-order valence-corrected chi connectivity index (χ2v) is 6.23. The van der Waals surface area contributed by atoms with Gasteiger partial charge in [0.05, 0.1) is 11.7 Å². The van der Waals surface area contributed by atoms with Crippen LogP contribution in [0.5, 0.6) is 0 Å². The van der Waals surface area contributed by atoms with Crippen LogP contribution in [-0.4, -0.2) is 31.0 Å². The zero-order valence-electron chi connectivity index (χ0n) is 13.8. The maximum absolute atomic E-state index is 6.19. The average molecular weight is 323 g/mol. The Morgan fingerprint density at radius 2 is 2.17 bits per heavy atom. The monoisotopic (exact) mass is 323 g/mol. The van der Waals surface area contributed by atoms with E-state index in [-0.39, 0.29) is 0 Å². The first kappa shape index (κ1) is 14.9. The number of fused-ring (bicyclic) bond motifs is 2. The predicted molar refractivity (Wildman–Crippen MR) is 93.8 cm³/mol. The van der Waals surface area contributed by atoms with E-state index in [4.69, 9.17) is 10.7 Å². The van der Waals surface area contributed by atoms with Crippen molar-refractivity contribution in [3.8, 4) is 0 Å². The van der Waals surface area contributed by atoms with E-state index in [1.807, 2.05) is 17.1 Å². The van der Waals surface area contributed by atoms with E-state index in [0.717, 1.165) is 44.2 Å². The van der Waals surface area contributed by atoms with Gasteiger partial charge in [-0.25, -0.2) is 9.97 Å². The molecule has 0 saturated carbocycles. The van der Waals surface area contributed by atoms with E-state index in [2.05, 4.69) is 27.2 Å². The molecule has 0 radical (unpaired) electrons. The largest absolute Gasteiger partial charge is 0.383 e. The molecule has 0 fully saturated rings. The Hall–Kier alpha value is -2.70. The molecule has 0 saturated heterocycles. The van der Waals surface area contributed by atoms with Crippen molar-refractivity contribution in [3.63, 3.8) is 0 Å². The molecule has 124 valence electrons. The van der Waals surface area contributed by atoms with Gasteiger partial charge in [-0.2, -0.15) is 9.97 Å². The number of nitrogens with one attached hydrogen (secondary N) is 1. The van der Waals surface area contributed by atoms with Crippen LogP contribution in [0.3, 0.4) is 0 Å². The van der Waals surface area contributed by atoms with Crippen molar-refractivity contribution < 1.29 is 0 Å². The van der Waals surface area contributed by atoms with E-state index < -0.39 is 0 Å². The van der Waals surface area contributed by atoms with Crippen LogP contribution >= 0.6 is 0 Å². The summed E-state index contributed by atoms with van der Waals surface area (Å²) in [6.45, 7) is 3.78. The van der Waals surface area contributed by atoms with Gasteiger partial charge in [-0.05, 0) is 43.7 Å². The summed E-state index contributed by atoms with van der Waals surface area (Å²) >= 11 is 0. The fraction of sp³-hybridized carbons (Fsp3) is 0.412. The molecule has 3 heterocycles. The summed E-state index contributed by atoms with van der Waals surface area (Å²) in [7, 11) is 0. The van der Waals surface area contributed by atoms with Crippen molar-refractivity contribution in [1.29, 1.82) is 0 Å². The highest BCUT2D eigenvalue weighted by molar-refractivity contribution is 5.90. The van der Waals surface area contributed by atoms with Crippen LogP contribution in [0.1, 0.15) is 29.7 Å². The molecular formula is C17H21N7. The number of aromatic nitrogens is 5. The van der Waals surface area contributed by atoms with E-state index in [9.17, 15) is 0 Å². The summed E-state index contributed by atoms with van der Waals surface area (Å²) in [5.41, 5.74) is 10.6. The van der Waals surface area contributed by atoms with Crippen molar-refractivity contribution in [3.05, 3.63) is 35.5 Å². The highest BCUT2D eigenvalue weighted by Crippen LogP contribution is 2.31. The van der Waals surface area contributed by atoms with E-state index >= 15 is 0 Å². The molecule has 1 aliphatic rings. The number of aryl methyl sites for hydroxylation is 3. The molecule has 7 heteroatoms. The Bertz CT molecular complexity index is 871. The van der Waals surface area contributed by atoms with E-state index in [1.54, 1.807) is 6.20 Å². The molecule has 3 N–H and O–H groups in total. The van der Waals surface area contributed by atoms with Gasteiger partial charge in [0, 0.05) is 31.2 Å². The number of hydrogen-bond acceptors (Lipinski definition) is 6. The molecule has 3 aromatic rings. The molecule has 0 unspecified atom stereocenters. The molecule has 0 spiro atoms. The molecule has 0 amide bonds. The molecule has 1 aliphatic carbocycles. The van der Waals surface area contributed by atoms with Crippen LogP contribution in [-0.2, 0) is 19.4 Å². The van der Waals surface area contributed by atoms with Crippen molar-refractivity contribution in [2.75, 3.05) is 17.6 Å². The molecule has 0 atom stereocenters. The van der Waals surface area contributed by atoms with E-state index in [1.165, 1.54) is 16.8 Å². The van der Waals surface area contributed by atoms with Gasteiger partial charge in [0.1, 0.15) is 5.82 Å². The summed E-state index contributed by atoms with van der Waals surface area (Å²) < 4.78 is 2.05. The number of pyridine rings is 1. The molecule has 0 aromatic carbocycles. The number of rotatable bonds is 5. The third kappa shape index (κ3) is 2.66. The molecule has 0 aliphatic heterocycles. The van der Waals surface area contributed by atoms with Crippen LogP contribution in [0.15, 0.2) is 18.7 Å². The quantitative estimate of drug-likeness (QED) is 0.698. The van der Waals surface area contributed by atoms with Gasteiger partial charge in [-0.1, -0.05) is 0 Å². The second kappa shape index (κ2) is 6.07. The highest BCUT2D eigenvalue weighted by Gasteiger charge is 2.20. The lowest BCUT2D eigenvalue weighted by molar-refractivity contribution is 0.659. The number of nitrogens with zero attached hydrogens (tertiary/aromatic N) is 5. The van der Waals surface area contributed by atoms with Gasteiger partial charge in [0.2, 0.25) is 5.95 Å².